The standard InChI is InChI=1S/C35H42N2O7/c1-24-31(22-37-16-18-42-19-17-37)43-35(44-34(24)28-10-8-25(23-38)9-11-28)29-14-12-27(13-15-29)30-5-2-4-26(20-30)21-36-32(39)6-3-7-33(40)41/h2,4-5,8-15,20,24,31,34-35,38H,3,6-7,16-19,21-23H2,1H3,(H,36,39)(H,40,41). The fraction of sp³-hybridized carbons (Fsp3) is 0.429. The quantitative estimate of drug-likeness (QED) is 0.270. The van der Waals surface area contributed by atoms with Crippen molar-refractivity contribution in [2.45, 2.75) is 57.8 Å². The fourth-order valence-corrected chi connectivity index (χ4v) is 5.75. The van der Waals surface area contributed by atoms with Gasteiger partial charge in [-0.25, -0.2) is 0 Å². The summed E-state index contributed by atoms with van der Waals surface area (Å²) in [6.45, 7) is 6.60. The number of ether oxygens (including phenoxy) is 3. The zero-order chi connectivity index (χ0) is 30.9. The van der Waals surface area contributed by atoms with Crippen molar-refractivity contribution >= 4 is 11.9 Å². The van der Waals surface area contributed by atoms with Crippen LogP contribution in [0.5, 0.6) is 0 Å². The third-order valence-electron chi connectivity index (χ3n) is 8.39. The third-order valence-corrected chi connectivity index (χ3v) is 8.39. The molecule has 3 N–H and O–H groups in total. The molecule has 0 aromatic heterocycles. The molecule has 2 saturated heterocycles. The molecule has 0 aliphatic carbocycles. The van der Waals surface area contributed by atoms with Crippen molar-refractivity contribution in [1.82, 2.24) is 10.2 Å². The molecule has 4 atom stereocenters. The maximum atomic E-state index is 12.1. The van der Waals surface area contributed by atoms with Crippen molar-refractivity contribution in [3.8, 4) is 11.1 Å². The molecule has 9 nitrogen and oxygen atoms in total. The summed E-state index contributed by atoms with van der Waals surface area (Å²) in [7, 11) is 0. The Kier molecular flexibility index (Phi) is 11.1. The summed E-state index contributed by atoms with van der Waals surface area (Å²) in [6, 6.07) is 24.2. The molecule has 2 aliphatic heterocycles. The molecule has 0 radical (unpaired) electrons. The van der Waals surface area contributed by atoms with Gasteiger partial charge in [-0.15, -0.1) is 0 Å². The molecule has 3 aromatic rings. The molecule has 4 unspecified atom stereocenters. The number of aliphatic hydroxyl groups excluding tert-OH is 1. The molecule has 0 spiro atoms. The van der Waals surface area contributed by atoms with Crippen LogP contribution in [-0.4, -0.2) is 65.9 Å². The molecule has 2 aliphatic rings. The molecule has 0 saturated carbocycles. The van der Waals surface area contributed by atoms with Crippen molar-refractivity contribution in [3.63, 3.8) is 0 Å². The molecule has 5 rings (SSSR count). The molecule has 2 fully saturated rings. The number of hydrogen-bond donors (Lipinski definition) is 3. The number of rotatable bonds is 12. The number of aliphatic hydroxyl groups is 1. The number of nitrogens with zero attached hydrogens (tertiary/aromatic N) is 1. The maximum Gasteiger partial charge on any atom is 0.303 e. The van der Waals surface area contributed by atoms with Gasteiger partial charge in [0.15, 0.2) is 6.29 Å². The van der Waals surface area contributed by atoms with Crippen LogP contribution in [0.2, 0.25) is 0 Å². The maximum absolute atomic E-state index is 12.1. The van der Waals surface area contributed by atoms with E-state index in [1.807, 2.05) is 60.7 Å². The number of benzene rings is 3. The van der Waals surface area contributed by atoms with Crippen LogP contribution in [-0.2, 0) is 37.0 Å². The van der Waals surface area contributed by atoms with E-state index in [1.165, 1.54) is 0 Å². The van der Waals surface area contributed by atoms with E-state index in [2.05, 4.69) is 29.3 Å². The van der Waals surface area contributed by atoms with Gasteiger partial charge in [-0.05, 0) is 40.3 Å². The van der Waals surface area contributed by atoms with Crippen molar-refractivity contribution in [3.05, 3.63) is 95.1 Å². The minimum absolute atomic E-state index is 0.00520. The zero-order valence-corrected chi connectivity index (χ0v) is 25.2. The van der Waals surface area contributed by atoms with Crippen LogP contribution in [0.1, 0.15) is 60.8 Å². The summed E-state index contributed by atoms with van der Waals surface area (Å²) in [5.74, 6) is -0.931. The van der Waals surface area contributed by atoms with E-state index in [1.54, 1.807) is 0 Å². The lowest BCUT2D eigenvalue weighted by molar-refractivity contribution is -0.277. The van der Waals surface area contributed by atoms with Crippen LogP contribution in [0.25, 0.3) is 11.1 Å². The van der Waals surface area contributed by atoms with E-state index < -0.39 is 12.3 Å². The van der Waals surface area contributed by atoms with Gasteiger partial charge in [0.25, 0.3) is 0 Å². The first-order valence-electron chi connectivity index (χ1n) is 15.4. The lowest BCUT2D eigenvalue weighted by Gasteiger charge is -2.43. The van der Waals surface area contributed by atoms with Crippen molar-refractivity contribution in [2.24, 2.45) is 5.92 Å². The Labute approximate surface area is 258 Å². The Morgan fingerprint density at radius 1 is 0.886 bits per heavy atom. The first-order valence-corrected chi connectivity index (χ1v) is 15.4. The van der Waals surface area contributed by atoms with E-state index in [-0.39, 0.29) is 43.5 Å². The number of hydrogen-bond acceptors (Lipinski definition) is 7. The Balaban J connectivity index is 1.28. The van der Waals surface area contributed by atoms with Crippen LogP contribution in [0, 0.1) is 5.92 Å². The zero-order valence-electron chi connectivity index (χ0n) is 25.2. The Morgan fingerprint density at radius 3 is 2.32 bits per heavy atom. The van der Waals surface area contributed by atoms with Gasteiger partial charge in [0.2, 0.25) is 5.91 Å². The van der Waals surface area contributed by atoms with E-state index in [0.717, 1.165) is 66.2 Å². The van der Waals surface area contributed by atoms with Crippen LogP contribution in [0.15, 0.2) is 72.8 Å². The van der Waals surface area contributed by atoms with Gasteiger partial charge in [0.05, 0.1) is 32.0 Å². The van der Waals surface area contributed by atoms with Crippen molar-refractivity contribution < 1.29 is 34.0 Å². The average molecular weight is 603 g/mol. The fourth-order valence-electron chi connectivity index (χ4n) is 5.75. The second kappa shape index (κ2) is 15.4. The smallest absolute Gasteiger partial charge is 0.303 e. The first-order chi connectivity index (χ1) is 21.4. The molecule has 1 amide bonds. The molecule has 2 heterocycles. The second-order valence-electron chi connectivity index (χ2n) is 11.6. The van der Waals surface area contributed by atoms with E-state index >= 15 is 0 Å². The second-order valence-corrected chi connectivity index (χ2v) is 11.6. The number of morpholine rings is 1. The third kappa shape index (κ3) is 8.52. The number of carboxylic acid groups (broad SMARTS) is 1. The lowest BCUT2D eigenvalue weighted by atomic mass is 9.90. The summed E-state index contributed by atoms with van der Waals surface area (Å²) in [6.07, 6.45) is -0.225. The number of amides is 1. The van der Waals surface area contributed by atoms with E-state index in [0.29, 0.717) is 13.0 Å². The molecular weight excluding hydrogens is 560 g/mol. The van der Waals surface area contributed by atoms with E-state index in [4.69, 9.17) is 19.3 Å². The van der Waals surface area contributed by atoms with Gasteiger partial charge in [0, 0.05) is 50.5 Å². The molecular formula is C35H42N2O7. The highest BCUT2D eigenvalue weighted by Gasteiger charge is 2.39. The molecule has 234 valence electrons. The van der Waals surface area contributed by atoms with Gasteiger partial charge < -0.3 is 29.7 Å². The van der Waals surface area contributed by atoms with Gasteiger partial charge in [-0.3, -0.25) is 14.5 Å². The largest absolute Gasteiger partial charge is 0.481 e. The first kappa shape index (κ1) is 31.8. The predicted molar refractivity (Wildman–Crippen MR) is 165 cm³/mol. The summed E-state index contributed by atoms with van der Waals surface area (Å²) >= 11 is 0. The average Bonchev–Trinajstić information content (AvgIpc) is 3.05. The van der Waals surface area contributed by atoms with Gasteiger partial charge in [0.1, 0.15) is 0 Å². The van der Waals surface area contributed by atoms with Crippen LogP contribution in [0.4, 0.5) is 0 Å². The van der Waals surface area contributed by atoms with E-state index in [9.17, 15) is 14.7 Å². The minimum Gasteiger partial charge on any atom is -0.481 e. The predicted octanol–water partition coefficient (Wildman–Crippen LogP) is 4.84. The van der Waals surface area contributed by atoms with Crippen molar-refractivity contribution in [1.29, 1.82) is 0 Å². The summed E-state index contributed by atoms with van der Waals surface area (Å²) < 4.78 is 18.8. The molecule has 44 heavy (non-hydrogen) atoms. The number of carboxylic acids is 1. The molecule has 3 aromatic carbocycles. The highest BCUT2D eigenvalue weighted by molar-refractivity contribution is 5.76. The van der Waals surface area contributed by atoms with Crippen LogP contribution in [0.3, 0.4) is 0 Å². The topological polar surface area (TPSA) is 118 Å². The summed E-state index contributed by atoms with van der Waals surface area (Å²) in [5.41, 5.74) is 5.90. The molecule has 9 heteroatoms. The highest BCUT2D eigenvalue weighted by atomic mass is 16.7. The summed E-state index contributed by atoms with van der Waals surface area (Å²) in [5, 5.41) is 21.2. The monoisotopic (exact) mass is 602 g/mol. The van der Waals surface area contributed by atoms with Gasteiger partial charge >= 0.3 is 5.97 Å². The highest BCUT2D eigenvalue weighted by Crippen LogP contribution is 2.42. The Morgan fingerprint density at radius 2 is 1.61 bits per heavy atom. The lowest BCUT2D eigenvalue weighted by Crippen LogP contribution is -2.47. The van der Waals surface area contributed by atoms with Crippen LogP contribution >= 0.6 is 0 Å². The molecule has 0 bridgehead atoms. The van der Waals surface area contributed by atoms with Gasteiger partial charge in [-0.2, -0.15) is 0 Å². The minimum atomic E-state index is -0.895. The number of carbonyl (C=O) groups excluding carboxylic acids is 1. The van der Waals surface area contributed by atoms with Gasteiger partial charge in [-0.1, -0.05) is 73.7 Å². The van der Waals surface area contributed by atoms with Crippen molar-refractivity contribution in [2.75, 3.05) is 32.8 Å². The number of nitrogens with one attached hydrogen (secondary N) is 1. The Hall–Kier alpha value is -3.60. The Bertz CT molecular complexity index is 1370. The number of aliphatic carboxylic acids is 1. The summed E-state index contributed by atoms with van der Waals surface area (Å²) in [4.78, 5) is 25.2. The SMILES string of the molecule is CC1C(CN2CCOCC2)OC(c2ccc(-c3cccc(CNC(=O)CCCC(=O)O)c3)cc2)OC1c1ccc(CO)cc1. The normalized spacial score (nSPS) is 22.4. The number of carbonyl (C=O) groups is 2. The van der Waals surface area contributed by atoms with Crippen LogP contribution < -0.4 is 5.32 Å².